The zero-order chi connectivity index (χ0) is 18.6. The van der Waals surface area contributed by atoms with E-state index in [1.54, 1.807) is 0 Å². The van der Waals surface area contributed by atoms with Crippen molar-refractivity contribution in [1.29, 1.82) is 0 Å². The predicted octanol–water partition coefficient (Wildman–Crippen LogP) is 2.02. The van der Waals surface area contributed by atoms with Crippen molar-refractivity contribution in [2.75, 3.05) is 25.7 Å². The Kier molecular flexibility index (Phi) is 3.64. The highest BCUT2D eigenvalue weighted by Gasteiger charge is 2.56. The van der Waals surface area contributed by atoms with Crippen molar-refractivity contribution in [1.82, 2.24) is 0 Å². The van der Waals surface area contributed by atoms with E-state index in [9.17, 15) is 9.59 Å². The molecular formula is C20H20N2O4. The van der Waals surface area contributed by atoms with Gasteiger partial charge in [-0.3, -0.25) is 9.59 Å². The van der Waals surface area contributed by atoms with Crippen molar-refractivity contribution in [3.05, 3.63) is 58.7 Å². The first-order valence-electron chi connectivity index (χ1n) is 8.42. The van der Waals surface area contributed by atoms with Gasteiger partial charge in [0.2, 0.25) is 0 Å². The average Bonchev–Trinajstić information content (AvgIpc) is 2.65. The van der Waals surface area contributed by atoms with Gasteiger partial charge in [0.25, 0.3) is 0 Å². The molecule has 0 aromatic heterocycles. The number of fused-ring (bicyclic) bond motifs is 1. The van der Waals surface area contributed by atoms with Crippen LogP contribution in [0.4, 0.5) is 11.4 Å². The fraction of sp³-hybridized carbons (Fsp3) is 0.300. The zero-order valence-corrected chi connectivity index (χ0v) is 14.6. The third kappa shape index (κ3) is 2.11. The lowest BCUT2D eigenvalue weighted by atomic mass is 9.54. The summed E-state index contributed by atoms with van der Waals surface area (Å²) in [7, 11) is 2.67. The van der Waals surface area contributed by atoms with Crippen LogP contribution in [0.1, 0.15) is 34.1 Å². The summed E-state index contributed by atoms with van der Waals surface area (Å²) in [6.07, 6.45) is 0. The topological polar surface area (TPSA) is 105 Å². The molecule has 6 heteroatoms. The van der Waals surface area contributed by atoms with Crippen LogP contribution in [0.2, 0.25) is 0 Å². The van der Waals surface area contributed by atoms with Crippen LogP contribution in [0.5, 0.6) is 0 Å². The third-order valence-electron chi connectivity index (χ3n) is 5.61. The second kappa shape index (κ2) is 5.76. The van der Waals surface area contributed by atoms with Crippen LogP contribution in [-0.2, 0) is 19.1 Å². The number of nitrogens with two attached hydrogens (primary N) is 2. The number of nitrogen functional groups attached to an aromatic ring is 2. The second-order valence-electron chi connectivity index (χ2n) is 6.83. The van der Waals surface area contributed by atoms with Crippen LogP contribution < -0.4 is 11.5 Å². The molecule has 4 N–H and O–H groups in total. The molecule has 4 atom stereocenters. The fourth-order valence-electron chi connectivity index (χ4n) is 4.65. The van der Waals surface area contributed by atoms with E-state index in [0.717, 1.165) is 22.3 Å². The summed E-state index contributed by atoms with van der Waals surface area (Å²) < 4.78 is 10.1. The maximum absolute atomic E-state index is 12.7. The molecule has 0 spiro atoms. The first-order valence-corrected chi connectivity index (χ1v) is 8.42. The second-order valence-corrected chi connectivity index (χ2v) is 6.83. The third-order valence-corrected chi connectivity index (χ3v) is 5.61. The number of ether oxygens (including phenoxy) is 2. The Labute approximate surface area is 151 Å². The minimum absolute atomic E-state index is 0.328. The number of benzene rings is 2. The molecule has 0 saturated carbocycles. The van der Waals surface area contributed by atoms with E-state index in [2.05, 4.69) is 0 Å². The predicted molar refractivity (Wildman–Crippen MR) is 96.4 cm³/mol. The van der Waals surface area contributed by atoms with E-state index in [1.807, 2.05) is 36.4 Å². The number of carbonyl (C=O) groups excluding carboxylic acids is 2. The van der Waals surface area contributed by atoms with Gasteiger partial charge >= 0.3 is 11.9 Å². The van der Waals surface area contributed by atoms with E-state index in [0.29, 0.717) is 11.4 Å². The molecule has 3 aliphatic rings. The highest BCUT2D eigenvalue weighted by molar-refractivity contribution is 5.88. The smallest absolute Gasteiger partial charge is 0.310 e. The SMILES string of the molecule is COC(=O)[C@H]1[C@@H]2c3ccc(N)cc3[C@@H](c3ccc(N)cc32)[C@@H]1C(=O)OC. The van der Waals surface area contributed by atoms with Gasteiger partial charge in [0.05, 0.1) is 26.1 Å². The molecule has 0 aliphatic heterocycles. The molecule has 134 valence electrons. The van der Waals surface area contributed by atoms with Gasteiger partial charge in [0, 0.05) is 23.2 Å². The van der Waals surface area contributed by atoms with E-state index in [1.165, 1.54) is 14.2 Å². The van der Waals surface area contributed by atoms with Gasteiger partial charge in [-0.1, -0.05) is 12.1 Å². The molecule has 3 aliphatic carbocycles. The van der Waals surface area contributed by atoms with E-state index in [4.69, 9.17) is 20.9 Å². The molecule has 0 saturated heterocycles. The van der Waals surface area contributed by atoms with Crippen molar-refractivity contribution < 1.29 is 19.1 Å². The molecule has 5 rings (SSSR count). The molecule has 0 heterocycles. The summed E-state index contributed by atoms with van der Waals surface area (Å²) in [5, 5.41) is 0. The maximum Gasteiger partial charge on any atom is 0.310 e. The highest BCUT2D eigenvalue weighted by atomic mass is 16.5. The molecule has 2 aromatic rings. The summed E-state index contributed by atoms with van der Waals surface area (Å²) in [4.78, 5) is 25.3. The number of hydrogen-bond acceptors (Lipinski definition) is 6. The van der Waals surface area contributed by atoms with E-state index >= 15 is 0 Å². The molecule has 0 unspecified atom stereocenters. The van der Waals surface area contributed by atoms with Gasteiger partial charge in [-0.2, -0.15) is 0 Å². The Hall–Kier alpha value is -3.02. The van der Waals surface area contributed by atoms with Crippen LogP contribution in [0, 0.1) is 11.8 Å². The lowest BCUT2D eigenvalue weighted by Gasteiger charge is -2.48. The zero-order valence-electron chi connectivity index (χ0n) is 14.6. The summed E-state index contributed by atoms with van der Waals surface area (Å²) >= 11 is 0. The van der Waals surface area contributed by atoms with Gasteiger partial charge in [0.1, 0.15) is 0 Å². The Balaban J connectivity index is 2.04. The van der Waals surface area contributed by atoms with E-state index < -0.39 is 23.8 Å². The largest absolute Gasteiger partial charge is 0.469 e. The number of hydrogen-bond donors (Lipinski definition) is 2. The fourth-order valence-corrected chi connectivity index (χ4v) is 4.65. The van der Waals surface area contributed by atoms with E-state index in [-0.39, 0.29) is 11.8 Å². The standard InChI is InChI=1S/C20H20N2O4/c1-25-19(23)17-15-11-5-3-10(22)8-14(11)16(18(17)20(24)26-2)12-6-4-9(21)7-13(12)15/h3-8,15-18H,21-22H2,1-2H3/t15-,16-,17+,18+/m1/s1. The van der Waals surface area contributed by atoms with Crippen LogP contribution in [0.25, 0.3) is 0 Å². The van der Waals surface area contributed by atoms with Crippen molar-refractivity contribution in [2.45, 2.75) is 11.8 Å². The quantitative estimate of drug-likeness (QED) is 0.633. The number of methoxy groups -OCH3 is 2. The van der Waals surface area contributed by atoms with Crippen molar-refractivity contribution in [2.24, 2.45) is 11.8 Å². The lowest BCUT2D eigenvalue weighted by molar-refractivity contribution is -0.160. The molecule has 2 bridgehead atoms. The molecule has 6 nitrogen and oxygen atoms in total. The molecule has 0 radical (unpaired) electrons. The van der Waals surface area contributed by atoms with Crippen LogP contribution in [0.15, 0.2) is 36.4 Å². The van der Waals surface area contributed by atoms with Crippen LogP contribution in [-0.4, -0.2) is 26.2 Å². The van der Waals surface area contributed by atoms with Gasteiger partial charge in [-0.15, -0.1) is 0 Å². The van der Waals surface area contributed by atoms with Crippen LogP contribution >= 0.6 is 0 Å². The summed E-state index contributed by atoms with van der Waals surface area (Å²) in [5.74, 6) is -2.83. The number of carbonyl (C=O) groups is 2. The first kappa shape index (κ1) is 16.4. The normalized spacial score (nSPS) is 25.2. The average molecular weight is 352 g/mol. The van der Waals surface area contributed by atoms with Crippen LogP contribution in [0.3, 0.4) is 0 Å². The molecule has 0 fully saturated rings. The monoisotopic (exact) mass is 352 g/mol. The van der Waals surface area contributed by atoms with Gasteiger partial charge in [-0.05, 0) is 46.5 Å². The number of esters is 2. The first-order chi connectivity index (χ1) is 12.5. The molecular weight excluding hydrogens is 332 g/mol. The maximum atomic E-state index is 12.7. The van der Waals surface area contributed by atoms with Crippen molar-refractivity contribution in [3.63, 3.8) is 0 Å². The molecule has 26 heavy (non-hydrogen) atoms. The highest BCUT2D eigenvalue weighted by Crippen LogP contribution is 2.59. The Morgan fingerprint density at radius 2 is 1.12 bits per heavy atom. The van der Waals surface area contributed by atoms with Gasteiger partial charge in [0.15, 0.2) is 0 Å². The Morgan fingerprint density at radius 3 is 1.46 bits per heavy atom. The van der Waals surface area contributed by atoms with Crippen molar-refractivity contribution in [3.8, 4) is 0 Å². The van der Waals surface area contributed by atoms with Gasteiger partial charge < -0.3 is 20.9 Å². The molecule has 2 aromatic carbocycles. The minimum Gasteiger partial charge on any atom is -0.469 e. The lowest BCUT2D eigenvalue weighted by Crippen LogP contribution is -2.47. The van der Waals surface area contributed by atoms with Gasteiger partial charge in [-0.25, -0.2) is 0 Å². The summed E-state index contributed by atoms with van der Waals surface area (Å²) in [6, 6.07) is 11.3. The Morgan fingerprint density at radius 1 is 0.731 bits per heavy atom. The molecule has 0 amide bonds. The summed E-state index contributed by atoms with van der Waals surface area (Å²) in [6.45, 7) is 0. The summed E-state index contributed by atoms with van der Waals surface area (Å²) in [5.41, 5.74) is 17.1. The number of rotatable bonds is 2. The van der Waals surface area contributed by atoms with Crippen molar-refractivity contribution >= 4 is 23.3 Å². The number of anilines is 2. The Bertz CT molecular complexity index is 849. The minimum atomic E-state index is -0.664.